The Morgan fingerprint density at radius 3 is 2.70 bits per heavy atom. The van der Waals surface area contributed by atoms with Crippen LogP contribution < -0.4 is 4.90 Å². The molecule has 1 aromatic rings. The van der Waals surface area contributed by atoms with Crippen LogP contribution in [0.4, 0.5) is 5.69 Å². The van der Waals surface area contributed by atoms with Crippen LogP contribution in [0, 0.1) is 0 Å². The van der Waals surface area contributed by atoms with Crippen LogP contribution in [0.3, 0.4) is 0 Å². The fourth-order valence-corrected chi connectivity index (χ4v) is 3.48. The fourth-order valence-electron chi connectivity index (χ4n) is 3.31. The van der Waals surface area contributed by atoms with Gasteiger partial charge in [0.05, 0.1) is 11.3 Å². The summed E-state index contributed by atoms with van der Waals surface area (Å²) in [6.45, 7) is 4.17. The number of carbonyl (C=O) groups is 1. The third kappa shape index (κ3) is 2.63. The number of likely N-dealkylation sites (tertiary alicyclic amines) is 1. The van der Waals surface area contributed by atoms with Gasteiger partial charge in [0.1, 0.15) is 0 Å². The maximum Gasteiger partial charge on any atom is 0.337 e. The van der Waals surface area contributed by atoms with Crippen molar-refractivity contribution in [3.05, 3.63) is 28.8 Å². The predicted molar refractivity (Wildman–Crippen MR) is 79.8 cm³/mol. The number of anilines is 1. The van der Waals surface area contributed by atoms with E-state index in [9.17, 15) is 9.90 Å². The van der Waals surface area contributed by atoms with Crippen molar-refractivity contribution in [2.45, 2.75) is 25.3 Å². The van der Waals surface area contributed by atoms with E-state index in [-0.39, 0.29) is 0 Å². The number of nitrogens with zero attached hydrogens (tertiary/aromatic N) is 2. The van der Waals surface area contributed by atoms with Gasteiger partial charge in [-0.25, -0.2) is 4.79 Å². The van der Waals surface area contributed by atoms with Gasteiger partial charge >= 0.3 is 5.97 Å². The van der Waals surface area contributed by atoms with Crippen molar-refractivity contribution in [2.24, 2.45) is 0 Å². The maximum atomic E-state index is 11.3. The van der Waals surface area contributed by atoms with Gasteiger partial charge in [-0.2, -0.15) is 0 Å². The molecule has 1 atom stereocenters. The van der Waals surface area contributed by atoms with Crippen molar-refractivity contribution >= 4 is 23.3 Å². The number of rotatable bonds is 3. The molecule has 0 radical (unpaired) electrons. The molecule has 0 aliphatic carbocycles. The zero-order chi connectivity index (χ0) is 14.1. The largest absolute Gasteiger partial charge is 0.478 e. The van der Waals surface area contributed by atoms with E-state index < -0.39 is 5.97 Å². The van der Waals surface area contributed by atoms with Gasteiger partial charge in [0.15, 0.2) is 0 Å². The molecule has 2 aliphatic heterocycles. The first-order chi connectivity index (χ1) is 9.65. The van der Waals surface area contributed by atoms with Crippen LogP contribution in [0.25, 0.3) is 0 Å². The zero-order valence-corrected chi connectivity index (χ0v) is 12.1. The van der Waals surface area contributed by atoms with E-state index in [2.05, 4.69) is 9.80 Å². The van der Waals surface area contributed by atoms with Gasteiger partial charge in [0, 0.05) is 24.2 Å². The minimum atomic E-state index is -0.888. The quantitative estimate of drug-likeness (QED) is 0.931. The summed E-state index contributed by atoms with van der Waals surface area (Å²) < 4.78 is 0. The summed E-state index contributed by atoms with van der Waals surface area (Å²) in [6.07, 6.45) is 3.67. The van der Waals surface area contributed by atoms with Gasteiger partial charge in [-0.1, -0.05) is 11.6 Å². The van der Waals surface area contributed by atoms with Gasteiger partial charge in [-0.05, 0) is 50.6 Å². The first kappa shape index (κ1) is 13.7. The number of halogens is 1. The monoisotopic (exact) mass is 294 g/mol. The van der Waals surface area contributed by atoms with Crippen molar-refractivity contribution in [1.29, 1.82) is 0 Å². The van der Waals surface area contributed by atoms with E-state index in [1.54, 1.807) is 18.2 Å². The highest BCUT2D eigenvalue weighted by atomic mass is 35.5. The molecule has 2 saturated heterocycles. The molecular weight excluding hydrogens is 276 g/mol. The van der Waals surface area contributed by atoms with E-state index in [4.69, 9.17) is 11.6 Å². The van der Waals surface area contributed by atoms with Crippen molar-refractivity contribution in [3.8, 4) is 0 Å². The average Bonchev–Trinajstić information content (AvgIpc) is 3.09. The third-order valence-corrected chi connectivity index (χ3v) is 4.59. The molecule has 4 nitrogen and oxygen atoms in total. The van der Waals surface area contributed by atoms with Crippen molar-refractivity contribution < 1.29 is 9.90 Å². The summed E-state index contributed by atoms with van der Waals surface area (Å²) in [5, 5.41) is 9.91. The van der Waals surface area contributed by atoms with Crippen LogP contribution in [-0.2, 0) is 0 Å². The molecule has 2 fully saturated rings. The van der Waals surface area contributed by atoms with Gasteiger partial charge in [0.25, 0.3) is 0 Å². The maximum absolute atomic E-state index is 11.3. The minimum absolute atomic E-state index is 0.344. The molecule has 1 unspecified atom stereocenters. The molecule has 0 spiro atoms. The topological polar surface area (TPSA) is 43.8 Å². The van der Waals surface area contributed by atoms with Crippen molar-refractivity contribution in [3.63, 3.8) is 0 Å². The molecule has 1 aromatic carbocycles. The Morgan fingerprint density at radius 1 is 1.25 bits per heavy atom. The van der Waals surface area contributed by atoms with E-state index in [0.717, 1.165) is 25.2 Å². The number of aromatic carboxylic acids is 1. The first-order valence-corrected chi connectivity index (χ1v) is 7.55. The molecule has 2 aliphatic rings. The average molecular weight is 295 g/mol. The Labute approximate surface area is 123 Å². The summed E-state index contributed by atoms with van der Waals surface area (Å²) in [5.74, 6) is -0.888. The molecule has 2 heterocycles. The second-order valence-corrected chi connectivity index (χ2v) is 6.03. The number of carboxylic acids is 1. The number of benzene rings is 1. The van der Waals surface area contributed by atoms with Gasteiger partial charge in [-0.15, -0.1) is 0 Å². The number of hydrogen-bond donors (Lipinski definition) is 1. The highest BCUT2D eigenvalue weighted by Crippen LogP contribution is 2.30. The Balaban J connectivity index is 1.80. The molecular formula is C15H19ClN2O2. The lowest BCUT2D eigenvalue weighted by Crippen LogP contribution is -2.35. The van der Waals surface area contributed by atoms with Crippen LogP contribution >= 0.6 is 11.6 Å². The molecule has 108 valence electrons. The van der Waals surface area contributed by atoms with E-state index >= 15 is 0 Å². The Bertz CT molecular complexity index is 515. The lowest BCUT2D eigenvalue weighted by molar-refractivity contribution is 0.0697. The van der Waals surface area contributed by atoms with Crippen molar-refractivity contribution in [1.82, 2.24) is 4.90 Å². The van der Waals surface area contributed by atoms with E-state index in [1.165, 1.54) is 25.9 Å². The van der Waals surface area contributed by atoms with Crippen LogP contribution in [0.1, 0.15) is 29.6 Å². The highest BCUT2D eigenvalue weighted by molar-refractivity contribution is 6.31. The molecule has 0 amide bonds. The summed E-state index contributed by atoms with van der Waals surface area (Å²) in [6, 6.07) is 5.57. The molecule has 3 rings (SSSR count). The van der Waals surface area contributed by atoms with Crippen LogP contribution in [0.5, 0.6) is 0 Å². The van der Waals surface area contributed by atoms with E-state index in [1.807, 2.05) is 0 Å². The molecule has 0 bridgehead atoms. The van der Waals surface area contributed by atoms with E-state index in [0.29, 0.717) is 16.6 Å². The molecule has 0 saturated carbocycles. The normalized spacial score (nSPS) is 23.4. The van der Waals surface area contributed by atoms with Gasteiger partial charge < -0.3 is 10.0 Å². The van der Waals surface area contributed by atoms with Crippen molar-refractivity contribution in [2.75, 3.05) is 31.1 Å². The Kier molecular flexibility index (Phi) is 3.85. The summed E-state index contributed by atoms with van der Waals surface area (Å²) in [5.41, 5.74) is 1.10. The summed E-state index contributed by atoms with van der Waals surface area (Å²) in [7, 11) is 0. The smallest absolute Gasteiger partial charge is 0.337 e. The lowest BCUT2D eigenvalue weighted by atomic mass is 10.1. The summed E-state index contributed by atoms with van der Waals surface area (Å²) in [4.78, 5) is 16.0. The Hall–Kier alpha value is -1.26. The minimum Gasteiger partial charge on any atom is -0.478 e. The Morgan fingerprint density at radius 2 is 2.00 bits per heavy atom. The summed E-state index contributed by atoms with van der Waals surface area (Å²) >= 11 is 6.03. The third-order valence-electron chi connectivity index (χ3n) is 4.35. The predicted octanol–water partition coefficient (Wildman–Crippen LogP) is 2.71. The first-order valence-electron chi connectivity index (χ1n) is 7.17. The molecule has 1 N–H and O–H groups in total. The highest BCUT2D eigenvalue weighted by Gasteiger charge is 2.30. The molecule has 20 heavy (non-hydrogen) atoms. The van der Waals surface area contributed by atoms with Crippen LogP contribution in [-0.4, -0.2) is 48.2 Å². The molecule has 0 aromatic heterocycles. The van der Waals surface area contributed by atoms with Gasteiger partial charge in [0.2, 0.25) is 0 Å². The fraction of sp³-hybridized carbons (Fsp3) is 0.533. The van der Waals surface area contributed by atoms with Crippen LogP contribution in [0.2, 0.25) is 5.02 Å². The lowest BCUT2D eigenvalue weighted by Gasteiger charge is -2.25. The SMILES string of the molecule is O=C(O)c1ccc(Cl)cc1N1CCC(N2CCCC2)C1. The van der Waals surface area contributed by atoms with Crippen LogP contribution in [0.15, 0.2) is 18.2 Å². The molecule has 5 heteroatoms. The second-order valence-electron chi connectivity index (χ2n) is 5.60. The zero-order valence-electron chi connectivity index (χ0n) is 11.4. The number of carboxylic acid groups (broad SMARTS) is 1. The second kappa shape index (κ2) is 5.62. The van der Waals surface area contributed by atoms with Gasteiger partial charge in [-0.3, -0.25) is 4.90 Å². The number of hydrogen-bond acceptors (Lipinski definition) is 3. The standard InChI is InChI=1S/C15H19ClN2O2/c16-11-3-4-13(15(19)20)14(9-11)18-8-5-12(10-18)17-6-1-2-7-17/h3-4,9,12H,1-2,5-8,10H2,(H,19,20).